The highest BCUT2D eigenvalue weighted by Crippen LogP contribution is 2.68. The summed E-state index contributed by atoms with van der Waals surface area (Å²) in [6.07, 6.45) is 4.92. The standard InChI is InChI=1S/C31H40N4O5/c1-6-29(4)14-25(30(5)18(2)9-11-31(19(3)28(29)39)12-10-24(37)27(30)31)40-26(38)17-34-16-22(35-33)21-13-20(15-32)7-8-23(21)36/h6-8,13,16,18-19,25,27-28,36,39H,1,9-12,14,17,33H2,2-5H3/t18-,19+,25-,27+,28+,29-,30+,31+/m1/s1. The lowest BCUT2D eigenvalue weighted by Gasteiger charge is -2.61. The predicted molar refractivity (Wildman–Crippen MR) is 152 cm³/mol. The number of aromatic hydroxyl groups is 1. The molecule has 1 aromatic carbocycles. The van der Waals surface area contributed by atoms with Gasteiger partial charge in [-0.05, 0) is 61.1 Å². The average molecular weight is 549 g/mol. The van der Waals surface area contributed by atoms with Crippen LogP contribution in [-0.4, -0.2) is 52.6 Å². The van der Waals surface area contributed by atoms with Crippen LogP contribution >= 0.6 is 0 Å². The maximum absolute atomic E-state index is 13.5. The third-order valence-electron chi connectivity index (χ3n) is 10.6. The number of nitrogens with zero attached hydrogens (tertiary/aromatic N) is 3. The molecule has 4 N–H and O–H groups in total. The summed E-state index contributed by atoms with van der Waals surface area (Å²) in [5.41, 5.74) is -1.07. The number of phenolic OH excluding ortho intramolecular Hbond substituents is 1. The van der Waals surface area contributed by atoms with Crippen molar-refractivity contribution in [2.75, 3.05) is 6.54 Å². The van der Waals surface area contributed by atoms with Crippen molar-refractivity contribution >= 4 is 23.7 Å². The molecule has 9 heteroatoms. The lowest BCUT2D eigenvalue weighted by Crippen LogP contribution is -2.63. The second-order valence-electron chi connectivity index (χ2n) is 12.4. The Labute approximate surface area is 235 Å². The number of benzene rings is 1. The minimum Gasteiger partial charge on any atom is -0.507 e. The van der Waals surface area contributed by atoms with E-state index in [9.17, 15) is 19.8 Å². The van der Waals surface area contributed by atoms with E-state index >= 15 is 0 Å². The van der Waals surface area contributed by atoms with Crippen LogP contribution < -0.4 is 5.84 Å². The lowest BCUT2D eigenvalue weighted by atomic mass is 9.44. The van der Waals surface area contributed by atoms with Gasteiger partial charge < -0.3 is 20.8 Å². The molecule has 214 valence electrons. The van der Waals surface area contributed by atoms with E-state index in [1.54, 1.807) is 6.08 Å². The van der Waals surface area contributed by atoms with Crippen LogP contribution in [0.5, 0.6) is 5.75 Å². The van der Waals surface area contributed by atoms with E-state index in [0.717, 1.165) is 19.3 Å². The van der Waals surface area contributed by atoms with Gasteiger partial charge in [0.25, 0.3) is 0 Å². The van der Waals surface area contributed by atoms with Gasteiger partial charge in [-0.1, -0.05) is 33.8 Å². The number of hydrazone groups is 1. The summed E-state index contributed by atoms with van der Waals surface area (Å²) in [4.78, 5) is 30.9. The lowest BCUT2D eigenvalue weighted by molar-refractivity contribution is -0.205. The van der Waals surface area contributed by atoms with Crippen molar-refractivity contribution < 1.29 is 24.5 Å². The summed E-state index contributed by atoms with van der Waals surface area (Å²) in [5.74, 6) is 4.68. The van der Waals surface area contributed by atoms with Crippen LogP contribution in [0, 0.1) is 45.3 Å². The van der Waals surface area contributed by atoms with E-state index in [2.05, 4.69) is 37.4 Å². The van der Waals surface area contributed by atoms with Crippen molar-refractivity contribution in [2.24, 2.45) is 49.9 Å². The molecular weight excluding hydrogens is 508 g/mol. The van der Waals surface area contributed by atoms with Gasteiger partial charge in [-0.15, -0.1) is 6.58 Å². The van der Waals surface area contributed by atoms with Crippen molar-refractivity contribution in [3.63, 3.8) is 0 Å². The average Bonchev–Trinajstić information content (AvgIpc) is 3.30. The number of carbonyl (C=O) groups excluding carboxylic acids is 2. The quantitative estimate of drug-likeness (QED) is 0.160. The predicted octanol–water partition coefficient (Wildman–Crippen LogP) is 3.90. The second kappa shape index (κ2) is 10.8. The zero-order chi connectivity index (χ0) is 29.5. The molecule has 0 amide bonds. The summed E-state index contributed by atoms with van der Waals surface area (Å²) < 4.78 is 6.17. The van der Waals surface area contributed by atoms with Gasteiger partial charge in [-0.25, -0.2) is 0 Å². The summed E-state index contributed by atoms with van der Waals surface area (Å²) in [6.45, 7) is 11.9. The van der Waals surface area contributed by atoms with E-state index in [0.29, 0.717) is 18.4 Å². The number of rotatable bonds is 6. The Hall–Kier alpha value is -3.51. The molecule has 8 atom stereocenters. The first kappa shape index (κ1) is 29.5. The molecule has 0 heterocycles. The third-order valence-corrected chi connectivity index (χ3v) is 10.6. The van der Waals surface area contributed by atoms with Gasteiger partial charge >= 0.3 is 5.97 Å². The Kier molecular flexibility index (Phi) is 7.97. The molecule has 0 unspecified atom stereocenters. The van der Waals surface area contributed by atoms with Gasteiger partial charge in [-0.3, -0.25) is 14.6 Å². The number of ketones is 1. The van der Waals surface area contributed by atoms with E-state index in [-0.39, 0.29) is 52.5 Å². The molecule has 40 heavy (non-hydrogen) atoms. The Bertz CT molecular complexity index is 1300. The summed E-state index contributed by atoms with van der Waals surface area (Å²) in [5, 5.41) is 34.6. The molecule has 3 fully saturated rings. The second-order valence-corrected chi connectivity index (χ2v) is 12.4. The molecule has 0 aromatic heterocycles. The number of esters is 1. The van der Waals surface area contributed by atoms with Crippen molar-refractivity contribution in [3.8, 4) is 11.8 Å². The molecular formula is C31H40N4O5. The van der Waals surface area contributed by atoms with Crippen molar-refractivity contribution in [2.45, 2.75) is 72.0 Å². The number of hydrogen-bond donors (Lipinski definition) is 3. The number of aliphatic hydroxyl groups is 1. The number of aliphatic imine (C=N–C) groups is 1. The fraction of sp³-hybridized carbons (Fsp3) is 0.581. The summed E-state index contributed by atoms with van der Waals surface area (Å²) >= 11 is 0. The molecule has 0 saturated heterocycles. The van der Waals surface area contributed by atoms with Gasteiger partial charge in [0.2, 0.25) is 0 Å². The zero-order valence-corrected chi connectivity index (χ0v) is 23.8. The molecule has 3 aliphatic rings. The normalized spacial score (nSPS) is 37.8. The first-order valence-electron chi connectivity index (χ1n) is 13.9. The minimum atomic E-state index is -0.740. The Morgan fingerprint density at radius 2 is 2.05 bits per heavy atom. The third kappa shape index (κ3) is 4.62. The van der Waals surface area contributed by atoms with Gasteiger partial charge in [0.05, 0.1) is 24.0 Å². The van der Waals surface area contributed by atoms with Crippen LogP contribution in [-0.2, 0) is 14.3 Å². The summed E-state index contributed by atoms with van der Waals surface area (Å²) in [7, 11) is 0. The molecule has 3 aliphatic carbocycles. The number of nitrogens with two attached hydrogens (primary N) is 1. The number of ether oxygens (including phenoxy) is 1. The number of hydrogen-bond acceptors (Lipinski definition) is 9. The van der Waals surface area contributed by atoms with Crippen molar-refractivity contribution in [3.05, 3.63) is 42.0 Å². The van der Waals surface area contributed by atoms with Crippen LogP contribution in [0.3, 0.4) is 0 Å². The molecule has 0 aliphatic heterocycles. The highest BCUT2D eigenvalue weighted by Gasteiger charge is 2.68. The highest BCUT2D eigenvalue weighted by atomic mass is 16.5. The van der Waals surface area contributed by atoms with Crippen LogP contribution in [0.1, 0.15) is 70.9 Å². The molecule has 0 radical (unpaired) electrons. The number of Topliss-reactive ketones (excluding diaryl/α,β-unsaturated/α-hetero) is 1. The van der Waals surface area contributed by atoms with Crippen LogP contribution in [0.4, 0.5) is 0 Å². The largest absolute Gasteiger partial charge is 0.507 e. The first-order chi connectivity index (χ1) is 18.9. The number of carbonyl (C=O) groups is 2. The van der Waals surface area contributed by atoms with Gasteiger partial charge in [0.1, 0.15) is 29.9 Å². The molecule has 2 bridgehead atoms. The fourth-order valence-electron chi connectivity index (χ4n) is 7.89. The fourth-order valence-corrected chi connectivity index (χ4v) is 7.89. The monoisotopic (exact) mass is 548 g/mol. The smallest absolute Gasteiger partial charge is 0.327 e. The Morgan fingerprint density at radius 1 is 1.32 bits per heavy atom. The maximum atomic E-state index is 13.5. The Balaban J connectivity index is 1.63. The van der Waals surface area contributed by atoms with Crippen LogP contribution in [0.2, 0.25) is 0 Å². The SMILES string of the molecule is C=C[C@]1(C)C[C@@H](OC(=O)CN=CC(=NN)c2cc(C#N)ccc2O)[C@]2(C)[C@H](C)CC[C@]3(CCC(=O)[C@H]32)[C@@H](C)[C@@H]1O. The van der Waals surface area contributed by atoms with Crippen molar-refractivity contribution in [1.82, 2.24) is 0 Å². The van der Waals surface area contributed by atoms with Crippen LogP contribution in [0.15, 0.2) is 40.9 Å². The molecule has 4 rings (SSSR count). The number of aliphatic hydroxyl groups excluding tert-OH is 1. The van der Waals surface area contributed by atoms with E-state index in [1.165, 1.54) is 24.4 Å². The number of nitriles is 1. The molecule has 1 aromatic rings. The molecule has 0 spiro atoms. The topological polar surface area (TPSA) is 158 Å². The van der Waals surface area contributed by atoms with Gasteiger partial charge in [-0.2, -0.15) is 10.4 Å². The molecule has 9 nitrogen and oxygen atoms in total. The summed E-state index contributed by atoms with van der Waals surface area (Å²) in [6, 6.07) is 6.24. The van der Waals surface area contributed by atoms with Crippen LogP contribution in [0.25, 0.3) is 0 Å². The van der Waals surface area contributed by atoms with Gasteiger partial charge in [0.15, 0.2) is 0 Å². The minimum absolute atomic E-state index is 0.0962. The molecule has 3 saturated carbocycles. The van der Waals surface area contributed by atoms with Crippen molar-refractivity contribution in [1.29, 1.82) is 5.26 Å². The number of phenols is 1. The van der Waals surface area contributed by atoms with Gasteiger partial charge in [0, 0.05) is 28.7 Å². The highest BCUT2D eigenvalue weighted by molar-refractivity contribution is 6.39. The first-order valence-corrected chi connectivity index (χ1v) is 13.9. The van der Waals surface area contributed by atoms with E-state index < -0.39 is 29.0 Å². The Morgan fingerprint density at radius 3 is 2.70 bits per heavy atom. The maximum Gasteiger partial charge on any atom is 0.327 e. The van der Waals surface area contributed by atoms with E-state index in [4.69, 9.17) is 15.8 Å². The van der Waals surface area contributed by atoms with E-state index in [1.807, 2.05) is 13.0 Å². The zero-order valence-electron chi connectivity index (χ0n) is 23.8.